The fourth-order valence-electron chi connectivity index (χ4n) is 1.51. The number of ether oxygens (including phenoxy) is 1. The Morgan fingerprint density at radius 2 is 2.06 bits per heavy atom. The van der Waals surface area contributed by atoms with Gasteiger partial charge < -0.3 is 9.29 Å². The summed E-state index contributed by atoms with van der Waals surface area (Å²) in [6, 6.07) is 0. The average Bonchev–Trinajstić information content (AvgIpc) is 2.38. The first kappa shape index (κ1) is 15.6. The zero-order chi connectivity index (χ0) is 11.6. The van der Waals surface area contributed by atoms with Gasteiger partial charge in [0.05, 0.1) is 27.7 Å². The van der Waals surface area contributed by atoms with E-state index in [2.05, 4.69) is 4.74 Å². The molecule has 8 heteroatoms. The average molecular weight is 242 g/mol. The molecule has 0 aliphatic carbocycles. The van der Waals surface area contributed by atoms with Crippen molar-refractivity contribution in [2.24, 2.45) is 5.92 Å². The van der Waals surface area contributed by atoms with Gasteiger partial charge in [0.1, 0.15) is 0 Å². The second-order valence-corrected chi connectivity index (χ2v) is 5.11. The maximum absolute atomic E-state index is 11.0. The van der Waals surface area contributed by atoms with E-state index in [0.29, 0.717) is 0 Å². The SMILES string of the molecule is CCC(CC1CC(=O)OC1=O)S(=O)(=O)[O-].[Li+]. The quantitative estimate of drug-likeness (QED) is 0.223. The zero-order valence-corrected chi connectivity index (χ0v) is 9.95. The number of hydrogen-bond donors (Lipinski definition) is 0. The van der Waals surface area contributed by atoms with Crippen LogP contribution in [0, 0.1) is 5.92 Å². The molecule has 0 bridgehead atoms. The second kappa shape index (κ2) is 5.82. The van der Waals surface area contributed by atoms with Gasteiger partial charge in [-0.05, 0) is 12.8 Å². The van der Waals surface area contributed by atoms with Crippen molar-refractivity contribution in [2.75, 3.05) is 0 Å². The van der Waals surface area contributed by atoms with Crippen LogP contribution in [0.4, 0.5) is 0 Å². The number of esters is 2. The van der Waals surface area contributed by atoms with Crippen LogP contribution in [0.3, 0.4) is 0 Å². The van der Waals surface area contributed by atoms with Crippen molar-refractivity contribution in [3.8, 4) is 0 Å². The van der Waals surface area contributed by atoms with E-state index in [9.17, 15) is 22.6 Å². The Kier molecular flexibility index (Phi) is 5.69. The standard InChI is InChI=1S/C8H12O6S.Li/c1-2-6(15(11,12)13)3-5-4-7(9)14-8(5)10;/h5-6H,2-4H2,1H3,(H,11,12,13);/q;+1/p-1. The molecule has 1 rings (SSSR count). The van der Waals surface area contributed by atoms with E-state index in [1.165, 1.54) is 0 Å². The third-order valence-electron chi connectivity index (χ3n) is 2.37. The van der Waals surface area contributed by atoms with E-state index in [1.54, 1.807) is 6.92 Å². The Morgan fingerprint density at radius 1 is 1.50 bits per heavy atom. The van der Waals surface area contributed by atoms with E-state index >= 15 is 0 Å². The van der Waals surface area contributed by atoms with Crippen LogP contribution in [-0.4, -0.2) is 30.2 Å². The van der Waals surface area contributed by atoms with E-state index in [1.807, 2.05) is 0 Å². The minimum Gasteiger partial charge on any atom is -0.748 e. The van der Waals surface area contributed by atoms with Crippen molar-refractivity contribution in [1.29, 1.82) is 0 Å². The van der Waals surface area contributed by atoms with Gasteiger partial charge in [-0.3, -0.25) is 9.59 Å². The molecule has 1 aliphatic heterocycles. The number of rotatable bonds is 4. The maximum atomic E-state index is 11.0. The fraction of sp³-hybridized carbons (Fsp3) is 0.750. The third-order valence-corrected chi connectivity index (χ3v) is 3.71. The summed E-state index contributed by atoms with van der Waals surface area (Å²) in [5, 5.41) is -1.12. The summed E-state index contributed by atoms with van der Waals surface area (Å²) in [6.45, 7) is 1.54. The summed E-state index contributed by atoms with van der Waals surface area (Å²) in [5.74, 6) is -2.18. The monoisotopic (exact) mass is 242 g/mol. The Hall–Kier alpha value is -0.353. The van der Waals surface area contributed by atoms with E-state index in [-0.39, 0.29) is 38.1 Å². The number of carbonyl (C=O) groups excluding carboxylic acids is 2. The number of cyclic esters (lactones) is 2. The largest absolute Gasteiger partial charge is 1.00 e. The molecule has 0 saturated carbocycles. The number of hydrogen-bond acceptors (Lipinski definition) is 6. The van der Waals surface area contributed by atoms with Crippen LogP contribution in [0.25, 0.3) is 0 Å². The molecule has 86 valence electrons. The molecule has 16 heavy (non-hydrogen) atoms. The minimum absolute atomic E-state index is 0. The van der Waals surface area contributed by atoms with Gasteiger partial charge in [-0.15, -0.1) is 0 Å². The second-order valence-electron chi connectivity index (χ2n) is 3.45. The predicted octanol–water partition coefficient (Wildman–Crippen LogP) is -3.21. The summed E-state index contributed by atoms with van der Waals surface area (Å²) in [6.07, 6.45) is -0.137. The molecule has 0 radical (unpaired) electrons. The van der Waals surface area contributed by atoms with Crippen LogP contribution in [0.1, 0.15) is 26.2 Å². The van der Waals surface area contributed by atoms with Gasteiger partial charge in [0.25, 0.3) is 0 Å². The molecule has 0 aromatic rings. The Bertz CT molecular complexity index is 376. The van der Waals surface area contributed by atoms with Crippen LogP contribution in [-0.2, 0) is 24.4 Å². The van der Waals surface area contributed by atoms with Crippen LogP contribution in [0.5, 0.6) is 0 Å². The van der Waals surface area contributed by atoms with E-state index in [4.69, 9.17) is 0 Å². The predicted molar refractivity (Wildman–Crippen MR) is 47.6 cm³/mol. The summed E-state index contributed by atoms with van der Waals surface area (Å²) < 4.78 is 36.5. The Balaban J connectivity index is 0.00000225. The van der Waals surface area contributed by atoms with Gasteiger partial charge in [-0.25, -0.2) is 8.42 Å². The molecule has 2 unspecified atom stereocenters. The van der Waals surface area contributed by atoms with Crippen LogP contribution in [0.2, 0.25) is 0 Å². The molecular weight excluding hydrogens is 231 g/mol. The smallest absolute Gasteiger partial charge is 0.748 e. The molecule has 0 N–H and O–H groups in total. The van der Waals surface area contributed by atoms with E-state index < -0.39 is 33.2 Å². The normalized spacial score (nSPS) is 22.5. The molecule has 1 saturated heterocycles. The van der Waals surface area contributed by atoms with Crippen molar-refractivity contribution in [1.82, 2.24) is 0 Å². The first-order valence-corrected chi connectivity index (χ1v) is 6.01. The molecule has 0 aromatic heterocycles. The summed E-state index contributed by atoms with van der Waals surface area (Å²) >= 11 is 0. The van der Waals surface area contributed by atoms with Gasteiger partial charge in [-0.2, -0.15) is 0 Å². The van der Waals surface area contributed by atoms with Gasteiger partial charge in [-0.1, -0.05) is 6.92 Å². The Morgan fingerprint density at radius 3 is 2.38 bits per heavy atom. The van der Waals surface area contributed by atoms with Crippen molar-refractivity contribution in [3.63, 3.8) is 0 Å². The van der Waals surface area contributed by atoms with Gasteiger partial charge in [0, 0.05) is 0 Å². The van der Waals surface area contributed by atoms with Crippen molar-refractivity contribution in [2.45, 2.75) is 31.4 Å². The van der Waals surface area contributed by atoms with Gasteiger partial charge >= 0.3 is 30.8 Å². The van der Waals surface area contributed by atoms with Crippen molar-refractivity contribution in [3.05, 3.63) is 0 Å². The summed E-state index contributed by atoms with van der Waals surface area (Å²) in [7, 11) is -4.41. The molecule has 6 nitrogen and oxygen atoms in total. The maximum Gasteiger partial charge on any atom is 1.00 e. The summed E-state index contributed by atoms with van der Waals surface area (Å²) in [4.78, 5) is 21.7. The molecule has 1 heterocycles. The molecule has 0 aromatic carbocycles. The number of carbonyl (C=O) groups is 2. The molecular formula is C8H11LiO6S. The van der Waals surface area contributed by atoms with Crippen LogP contribution in [0.15, 0.2) is 0 Å². The molecule has 1 aliphatic rings. The van der Waals surface area contributed by atoms with Crippen LogP contribution < -0.4 is 18.9 Å². The zero-order valence-electron chi connectivity index (χ0n) is 9.13. The fourth-order valence-corrected chi connectivity index (χ4v) is 2.38. The minimum atomic E-state index is -4.41. The van der Waals surface area contributed by atoms with E-state index in [0.717, 1.165) is 0 Å². The topological polar surface area (TPSA) is 101 Å². The Labute approximate surface area is 106 Å². The van der Waals surface area contributed by atoms with Crippen molar-refractivity contribution < 1.29 is 46.2 Å². The van der Waals surface area contributed by atoms with Crippen LogP contribution >= 0.6 is 0 Å². The molecule has 2 atom stereocenters. The van der Waals surface area contributed by atoms with Gasteiger partial charge in [0.2, 0.25) is 0 Å². The molecule has 0 amide bonds. The first-order chi connectivity index (χ1) is 6.84. The van der Waals surface area contributed by atoms with Gasteiger partial charge in [0.15, 0.2) is 0 Å². The first-order valence-electron chi connectivity index (χ1n) is 4.53. The van der Waals surface area contributed by atoms with Crippen molar-refractivity contribution >= 4 is 22.1 Å². The molecule has 0 spiro atoms. The third kappa shape index (κ3) is 3.90. The summed E-state index contributed by atoms with van der Waals surface area (Å²) in [5.41, 5.74) is 0. The molecule has 1 fully saturated rings.